The summed E-state index contributed by atoms with van der Waals surface area (Å²) in [4.78, 5) is 10.1. The van der Waals surface area contributed by atoms with Crippen LogP contribution in [0, 0.1) is 13.8 Å². The molecule has 10 nitrogen and oxygen atoms in total. The first-order valence-electron chi connectivity index (χ1n) is 12.2. The first-order valence-corrected chi connectivity index (χ1v) is 13.7. The van der Waals surface area contributed by atoms with Crippen LogP contribution in [0.3, 0.4) is 0 Å². The topological polar surface area (TPSA) is 115 Å². The van der Waals surface area contributed by atoms with Gasteiger partial charge in [0.15, 0.2) is 11.9 Å². The molecule has 0 N–H and O–H groups in total. The molecule has 6 rings (SSSR count). The first-order chi connectivity index (χ1) is 19.0. The standard InChI is InChI=1S/C27H24N10S2.Pt/c1-17-15-21(28-3)36(32-17)25-30-23(38-34-25)27(19-11-7-5-8-12-19,20-13-9-6-10-14-20)24-31-26(35-39-24)37-22(29-4)16-18(2)33-37;/h5-16H,1-4H3;/q-2;+2. The fourth-order valence-corrected chi connectivity index (χ4v) is 6.44. The SMILES string of the molecule is C[N-]c1cc(C)nn1-c1nsc(C(c2ccccc2)(c2ccccc2)c2nc(-n3nc(C)cc3[N-]C)ns2)n1.[Pt+2]. The Kier molecular flexibility index (Phi) is 7.93. The fraction of sp³-hybridized carbons (Fsp3) is 0.185. The molecule has 6 aromatic rings. The van der Waals surface area contributed by atoms with Crippen LogP contribution >= 0.6 is 23.1 Å². The molecule has 0 spiro atoms. The Morgan fingerprint density at radius 1 is 0.650 bits per heavy atom. The van der Waals surface area contributed by atoms with E-state index in [1.165, 1.54) is 23.1 Å². The van der Waals surface area contributed by atoms with E-state index in [-0.39, 0.29) is 21.1 Å². The number of hydrogen-bond acceptors (Lipinski definition) is 8. The van der Waals surface area contributed by atoms with Crippen molar-refractivity contribution in [2.24, 2.45) is 0 Å². The molecule has 2 aromatic carbocycles. The van der Waals surface area contributed by atoms with Crippen molar-refractivity contribution < 1.29 is 21.1 Å². The summed E-state index contributed by atoms with van der Waals surface area (Å²) >= 11 is 2.63. The fourth-order valence-electron chi connectivity index (χ4n) is 4.62. The molecule has 0 bridgehead atoms. The Hall–Kier alpha value is -3.73. The molecule has 0 saturated carbocycles. The van der Waals surface area contributed by atoms with Crippen molar-refractivity contribution >= 4 is 34.7 Å². The summed E-state index contributed by atoms with van der Waals surface area (Å²) in [7, 11) is 3.46. The number of aryl methyl sites for hydroxylation is 2. The first kappa shape index (κ1) is 27.8. The van der Waals surface area contributed by atoms with E-state index in [0.29, 0.717) is 23.5 Å². The van der Waals surface area contributed by atoms with E-state index < -0.39 is 5.41 Å². The number of nitrogens with zero attached hydrogens (tertiary/aromatic N) is 10. The van der Waals surface area contributed by atoms with Gasteiger partial charge in [0.2, 0.25) is 0 Å². The van der Waals surface area contributed by atoms with Crippen molar-refractivity contribution in [2.45, 2.75) is 19.3 Å². The van der Waals surface area contributed by atoms with E-state index in [0.717, 1.165) is 32.5 Å². The van der Waals surface area contributed by atoms with E-state index in [1.54, 1.807) is 23.5 Å². The van der Waals surface area contributed by atoms with Gasteiger partial charge in [-0.15, -0.1) is 0 Å². The zero-order valence-corrected chi connectivity index (χ0v) is 25.9. The smallest absolute Gasteiger partial charge is 0.467 e. The van der Waals surface area contributed by atoms with Gasteiger partial charge in [-0.05, 0) is 71.8 Å². The third-order valence-electron chi connectivity index (χ3n) is 6.35. The third kappa shape index (κ3) is 4.65. The molecular formula is C27H24N10PtS2. The summed E-state index contributed by atoms with van der Waals surface area (Å²) in [6, 6.07) is 24.2. The summed E-state index contributed by atoms with van der Waals surface area (Å²) in [5, 5.41) is 19.4. The predicted octanol–water partition coefficient (Wildman–Crippen LogP) is 6.03. The van der Waals surface area contributed by atoms with Gasteiger partial charge >= 0.3 is 21.1 Å². The molecular weight excluding hydrogens is 724 g/mol. The predicted molar refractivity (Wildman–Crippen MR) is 153 cm³/mol. The number of benzene rings is 2. The van der Waals surface area contributed by atoms with Gasteiger partial charge in [-0.2, -0.15) is 8.75 Å². The molecule has 40 heavy (non-hydrogen) atoms. The van der Waals surface area contributed by atoms with Crippen LogP contribution < -0.4 is 0 Å². The van der Waals surface area contributed by atoms with Crippen LogP contribution in [0.15, 0.2) is 72.8 Å². The second kappa shape index (κ2) is 11.4. The van der Waals surface area contributed by atoms with Crippen molar-refractivity contribution in [3.8, 4) is 11.9 Å². The maximum atomic E-state index is 5.07. The van der Waals surface area contributed by atoms with E-state index in [4.69, 9.17) is 18.7 Å². The Balaban J connectivity index is 0.00000323. The molecule has 0 saturated heterocycles. The molecule has 0 aliphatic rings. The van der Waals surface area contributed by atoms with Crippen LogP contribution in [-0.2, 0) is 26.5 Å². The molecule has 0 aliphatic heterocycles. The third-order valence-corrected chi connectivity index (χ3v) is 8.00. The van der Waals surface area contributed by atoms with E-state index in [9.17, 15) is 0 Å². The monoisotopic (exact) mass is 747 g/mol. The Bertz CT molecular complexity index is 1590. The second-order valence-electron chi connectivity index (χ2n) is 8.84. The molecule has 0 fully saturated rings. The van der Waals surface area contributed by atoms with Crippen molar-refractivity contribution in [2.75, 3.05) is 14.1 Å². The molecule has 0 atom stereocenters. The summed E-state index contributed by atoms with van der Waals surface area (Å²) in [6.07, 6.45) is 0. The number of hydrogen-bond donors (Lipinski definition) is 0. The van der Waals surface area contributed by atoms with E-state index in [2.05, 4.69) is 45.1 Å². The van der Waals surface area contributed by atoms with Crippen LogP contribution in [0.1, 0.15) is 32.5 Å². The summed E-state index contributed by atoms with van der Waals surface area (Å²) in [6.45, 7) is 3.85. The van der Waals surface area contributed by atoms with Gasteiger partial charge in [0.1, 0.15) is 15.4 Å². The molecule has 204 valence electrons. The van der Waals surface area contributed by atoms with Gasteiger partial charge in [0.05, 0.1) is 0 Å². The van der Waals surface area contributed by atoms with E-state index >= 15 is 0 Å². The molecule has 0 unspecified atom stereocenters. The average molecular weight is 748 g/mol. The van der Waals surface area contributed by atoms with Gasteiger partial charge in [-0.3, -0.25) is 10.2 Å². The Morgan fingerprint density at radius 2 is 1.05 bits per heavy atom. The molecule has 13 heteroatoms. The molecule has 0 radical (unpaired) electrons. The van der Waals surface area contributed by atoms with Crippen LogP contribution in [-0.4, -0.2) is 52.4 Å². The zero-order chi connectivity index (χ0) is 27.0. The Morgan fingerprint density at radius 3 is 1.43 bits per heavy atom. The minimum atomic E-state index is -0.883. The summed E-state index contributed by atoms with van der Waals surface area (Å²) < 4.78 is 12.8. The van der Waals surface area contributed by atoms with Gasteiger partial charge in [-0.25, -0.2) is 9.97 Å². The number of rotatable bonds is 8. The molecule has 4 aromatic heterocycles. The van der Waals surface area contributed by atoms with Crippen LogP contribution in [0.25, 0.3) is 22.5 Å². The Labute approximate surface area is 254 Å². The van der Waals surface area contributed by atoms with Crippen LogP contribution in [0.5, 0.6) is 0 Å². The maximum Gasteiger partial charge on any atom is 2.00 e. The summed E-state index contributed by atoms with van der Waals surface area (Å²) in [5.41, 5.74) is 2.78. The van der Waals surface area contributed by atoms with Crippen molar-refractivity contribution in [3.63, 3.8) is 0 Å². The molecule has 0 amide bonds. The molecule has 0 aliphatic carbocycles. The van der Waals surface area contributed by atoms with Crippen molar-refractivity contribution in [1.82, 2.24) is 38.3 Å². The largest absolute Gasteiger partial charge is 2.00 e. The van der Waals surface area contributed by atoms with Crippen LogP contribution in [0.2, 0.25) is 0 Å². The van der Waals surface area contributed by atoms with Gasteiger partial charge in [0.25, 0.3) is 0 Å². The van der Waals surface area contributed by atoms with Crippen LogP contribution in [0.4, 0.5) is 11.6 Å². The van der Waals surface area contributed by atoms with Gasteiger partial charge < -0.3 is 20.0 Å². The second-order valence-corrected chi connectivity index (χ2v) is 10.3. The quantitative estimate of drug-likeness (QED) is 0.188. The normalized spacial score (nSPS) is 11.3. The minimum absolute atomic E-state index is 0. The average Bonchev–Trinajstić information content (AvgIpc) is 3.77. The minimum Gasteiger partial charge on any atom is -0.467 e. The zero-order valence-electron chi connectivity index (χ0n) is 22.0. The summed E-state index contributed by atoms with van der Waals surface area (Å²) in [5.74, 6) is 2.29. The molecule has 4 heterocycles. The van der Waals surface area contributed by atoms with Crippen molar-refractivity contribution in [3.05, 3.63) is 116 Å². The number of aromatic nitrogens is 8. The maximum absolute atomic E-state index is 5.07. The van der Waals surface area contributed by atoms with Gasteiger partial charge in [0, 0.05) is 11.4 Å². The van der Waals surface area contributed by atoms with E-state index in [1.807, 2.05) is 62.4 Å². The van der Waals surface area contributed by atoms with Gasteiger partial charge in [-0.1, -0.05) is 74.8 Å². The van der Waals surface area contributed by atoms with Crippen molar-refractivity contribution in [1.29, 1.82) is 0 Å².